The monoisotopic (exact) mass is 661 g/mol. The van der Waals surface area contributed by atoms with Gasteiger partial charge in [0.25, 0.3) is 0 Å². The number of rotatable bonds is 5. The van der Waals surface area contributed by atoms with Gasteiger partial charge in [0.1, 0.15) is 0 Å². The molecule has 0 aliphatic heterocycles. The number of para-hydroxylation sites is 1. The fourth-order valence-corrected chi connectivity index (χ4v) is 8.08. The molecule has 0 radical (unpaired) electrons. The van der Waals surface area contributed by atoms with Crippen molar-refractivity contribution in [1.29, 1.82) is 0 Å². The first-order chi connectivity index (χ1) is 26.9. The normalized spacial score (nSPS) is 13.0. The van der Waals surface area contributed by atoms with Crippen molar-refractivity contribution in [2.45, 2.75) is 0 Å². The van der Waals surface area contributed by atoms with E-state index in [1.807, 2.05) is 42.5 Å². The van der Waals surface area contributed by atoms with E-state index in [1.54, 1.807) is 11.3 Å². The molecule has 0 aliphatic carbocycles. The second-order valence-corrected chi connectivity index (χ2v) is 13.1. The molecule has 0 N–H and O–H groups in total. The summed E-state index contributed by atoms with van der Waals surface area (Å²) in [5.41, 5.74) is 7.08. The second kappa shape index (κ2) is 11.6. The van der Waals surface area contributed by atoms with Crippen LogP contribution < -0.4 is 0 Å². The lowest BCUT2D eigenvalue weighted by Gasteiger charge is -2.10. The Labute approximate surface area is 299 Å². The maximum absolute atomic E-state index is 8.65. The molecule has 10 rings (SSSR count). The van der Waals surface area contributed by atoms with E-state index < -0.39 is 18.1 Å². The minimum Gasteiger partial charge on any atom is -0.308 e. The molecule has 0 bridgehead atoms. The minimum absolute atomic E-state index is 0.0152. The Morgan fingerprint density at radius 1 is 0.440 bits per heavy atom. The van der Waals surface area contributed by atoms with Gasteiger partial charge in [-0.15, -0.1) is 11.3 Å². The molecule has 0 spiro atoms. The van der Waals surface area contributed by atoms with Crippen LogP contribution in [0.3, 0.4) is 0 Å². The zero-order chi connectivity index (χ0) is 37.4. The predicted molar refractivity (Wildman–Crippen MR) is 209 cm³/mol. The van der Waals surface area contributed by atoms with Crippen molar-refractivity contribution in [3.63, 3.8) is 0 Å². The van der Waals surface area contributed by atoms with E-state index in [0.29, 0.717) is 11.6 Å². The van der Waals surface area contributed by atoms with E-state index in [2.05, 4.69) is 107 Å². The van der Waals surface area contributed by atoms with Gasteiger partial charge in [0.15, 0.2) is 17.5 Å². The standard InChI is InChI=1S/C45H28N4S/c1-4-13-29(14-5-1)32-24-26-39-37(27-32)34-19-10-11-21-38(34)49(39)40-22-12-20-36-35-25-23-33(28-41(35)50-42(36)40)45-47-43(30-15-6-2-7-16-30)46-44(48-45)31-17-8-3-9-18-31/h1-28H/i2D,6D,7D,15D,16D. The summed E-state index contributed by atoms with van der Waals surface area (Å²) in [4.78, 5) is 14.3. The van der Waals surface area contributed by atoms with Crippen molar-refractivity contribution in [3.05, 3.63) is 170 Å². The third-order valence-corrected chi connectivity index (χ3v) is 10.3. The molecule has 234 valence electrons. The lowest BCUT2D eigenvalue weighted by Crippen LogP contribution is -1.99. The average molecular weight is 662 g/mol. The molecule has 3 heterocycles. The molecule has 0 aliphatic rings. The third-order valence-electron chi connectivity index (χ3n) is 9.15. The van der Waals surface area contributed by atoms with Gasteiger partial charge in [0, 0.05) is 42.9 Å². The fraction of sp³-hybridized carbons (Fsp3) is 0. The zero-order valence-electron chi connectivity index (χ0n) is 31.5. The van der Waals surface area contributed by atoms with E-state index in [1.165, 1.54) is 21.9 Å². The van der Waals surface area contributed by atoms with Gasteiger partial charge in [-0.3, -0.25) is 0 Å². The van der Waals surface area contributed by atoms with Crippen molar-refractivity contribution >= 4 is 53.3 Å². The highest BCUT2D eigenvalue weighted by Crippen LogP contribution is 2.42. The molecule has 0 saturated carbocycles. The van der Waals surface area contributed by atoms with Crippen LogP contribution in [0.4, 0.5) is 0 Å². The van der Waals surface area contributed by atoms with Crippen LogP contribution in [0.2, 0.25) is 0 Å². The van der Waals surface area contributed by atoms with Gasteiger partial charge in [-0.1, -0.05) is 139 Å². The molecule has 0 amide bonds. The van der Waals surface area contributed by atoms with Crippen molar-refractivity contribution in [3.8, 4) is 51.0 Å². The molecule has 3 aromatic heterocycles. The van der Waals surface area contributed by atoms with Crippen LogP contribution in [-0.4, -0.2) is 19.5 Å². The van der Waals surface area contributed by atoms with Gasteiger partial charge in [0.2, 0.25) is 0 Å². The molecule has 7 aromatic carbocycles. The first-order valence-corrected chi connectivity index (χ1v) is 17.1. The lowest BCUT2D eigenvalue weighted by atomic mass is 10.0. The molecule has 50 heavy (non-hydrogen) atoms. The van der Waals surface area contributed by atoms with Gasteiger partial charge in [-0.2, -0.15) is 0 Å². The zero-order valence-corrected chi connectivity index (χ0v) is 27.3. The van der Waals surface area contributed by atoms with E-state index in [9.17, 15) is 0 Å². The van der Waals surface area contributed by atoms with Gasteiger partial charge in [0.05, 0.1) is 28.3 Å². The minimum atomic E-state index is -0.469. The Kier molecular flexibility index (Phi) is 5.54. The van der Waals surface area contributed by atoms with Crippen LogP contribution in [0, 0.1) is 0 Å². The Morgan fingerprint density at radius 3 is 1.88 bits per heavy atom. The smallest absolute Gasteiger partial charge is 0.164 e. The van der Waals surface area contributed by atoms with Gasteiger partial charge < -0.3 is 4.57 Å². The van der Waals surface area contributed by atoms with Crippen LogP contribution in [0.15, 0.2) is 170 Å². The van der Waals surface area contributed by atoms with Crippen molar-refractivity contribution < 1.29 is 6.85 Å². The quantitative estimate of drug-likeness (QED) is 0.184. The Bertz CT molecular complexity index is 3130. The first kappa shape index (κ1) is 23.8. The van der Waals surface area contributed by atoms with E-state index in [4.69, 9.17) is 16.8 Å². The molecule has 0 fully saturated rings. The molecule has 0 unspecified atom stereocenters. The number of fused-ring (bicyclic) bond motifs is 6. The van der Waals surface area contributed by atoms with Crippen molar-refractivity contribution in [2.24, 2.45) is 0 Å². The lowest BCUT2D eigenvalue weighted by molar-refractivity contribution is 1.07. The van der Waals surface area contributed by atoms with Crippen molar-refractivity contribution in [2.75, 3.05) is 0 Å². The topological polar surface area (TPSA) is 43.6 Å². The van der Waals surface area contributed by atoms with Crippen molar-refractivity contribution in [1.82, 2.24) is 19.5 Å². The number of hydrogen-bond acceptors (Lipinski definition) is 4. The van der Waals surface area contributed by atoms with E-state index in [0.717, 1.165) is 48.0 Å². The fourth-order valence-electron chi connectivity index (χ4n) is 6.84. The Morgan fingerprint density at radius 2 is 1.08 bits per heavy atom. The number of benzene rings is 7. The summed E-state index contributed by atoms with van der Waals surface area (Å²) in [5.74, 6) is 0.696. The SMILES string of the molecule is [2H]c1c([2H])c([2H])c(-c2nc(-c3ccccc3)nc(-c3ccc4c(c3)sc3c(-n5c6ccccc6c6cc(-c7ccccc7)ccc65)cccc34)n2)c([2H])c1[2H]. The Balaban J connectivity index is 1.16. The van der Waals surface area contributed by atoms with Crippen LogP contribution in [0.25, 0.3) is 93.0 Å². The van der Waals surface area contributed by atoms with Crippen LogP contribution in [-0.2, 0) is 0 Å². The highest BCUT2D eigenvalue weighted by molar-refractivity contribution is 7.26. The summed E-state index contributed by atoms with van der Waals surface area (Å²) in [7, 11) is 0. The number of hydrogen-bond donors (Lipinski definition) is 0. The predicted octanol–water partition coefficient (Wildman–Crippen LogP) is 12.0. The summed E-state index contributed by atoms with van der Waals surface area (Å²) in [6.07, 6.45) is 0. The molecular formula is C45H28N4S. The van der Waals surface area contributed by atoms with E-state index >= 15 is 0 Å². The number of aromatic nitrogens is 4. The number of nitrogens with zero attached hydrogens (tertiary/aromatic N) is 4. The molecule has 0 saturated heterocycles. The number of thiophene rings is 1. The van der Waals surface area contributed by atoms with Gasteiger partial charge >= 0.3 is 0 Å². The van der Waals surface area contributed by atoms with E-state index in [-0.39, 0.29) is 23.5 Å². The largest absolute Gasteiger partial charge is 0.308 e. The summed E-state index contributed by atoms with van der Waals surface area (Å²) >= 11 is 1.70. The highest BCUT2D eigenvalue weighted by atomic mass is 32.1. The third kappa shape index (κ3) is 4.71. The average Bonchev–Trinajstić information content (AvgIpc) is 3.78. The summed E-state index contributed by atoms with van der Waals surface area (Å²) in [6, 6.07) is 45.6. The van der Waals surface area contributed by atoms with Crippen LogP contribution in [0.5, 0.6) is 0 Å². The van der Waals surface area contributed by atoms with Crippen LogP contribution in [0.1, 0.15) is 6.85 Å². The maximum atomic E-state index is 8.65. The maximum Gasteiger partial charge on any atom is 0.164 e. The molecule has 4 nitrogen and oxygen atoms in total. The Hall–Kier alpha value is -6.43. The van der Waals surface area contributed by atoms with Gasteiger partial charge in [-0.05, 0) is 41.5 Å². The summed E-state index contributed by atoms with van der Waals surface area (Å²) in [5, 5.41) is 4.61. The molecule has 10 aromatic rings. The summed E-state index contributed by atoms with van der Waals surface area (Å²) < 4.78 is 46.5. The van der Waals surface area contributed by atoms with Crippen LogP contribution >= 0.6 is 11.3 Å². The highest BCUT2D eigenvalue weighted by Gasteiger charge is 2.18. The van der Waals surface area contributed by atoms with Gasteiger partial charge in [-0.25, -0.2) is 15.0 Å². The second-order valence-electron chi connectivity index (χ2n) is 12.1. The molecule has 0 atom stereocenters. The first-order valence-electron chi connectivity index (χ1n) is 18.8. The molecule has 5 heteroatoms. The molecular weight excluding hydrogens is 629 g/mol. The summed E-state index contributed by atoms with van der Waals surface area (Å²) in [6.45, 7) is 0.